The molecule has 0 aliphatic carbocycles. The van der Waals surface area contributed by atoms with Crippen molar-refractivity contribution in [3.63, 3.8) is 0 Å². The van der Waals surface area contributed by atoms with Gasteiger partial charge in [-0.15, -0.1) is 5.10 Å². The molecule has 3 rings (SSSR count). The van der Waals surface area contributed by atoms with E-state index in [9.17, 15) is 4.79 Å². The van der Waals surface area contributed by atoms with E-state index in [1.54, 1.807) is 12.1 Å². The van der Waals surface area contributed by atoms with E-state index in [0.717, 1.165) is 16.9 Å². The van der Waals surface area contributed by atoms with Gasteiger partial charge in [-0.2, -0.15) is 0 Å². The van der Waals surface area contributed by atoms with Crippen molar-refractivity contribution in [2.45, 2.75) is 27.0 Å². The predicted molar refractivity (Wildman–Crippen MR) is 106 cm³/mol. The number of benzene rings is 2. The first-order valence-electron chi connectivity index (χ1n) is 8.23. The van der Waals surface area contributed by atoms with Crippen molar-refractivity contribution in [1.82, 2.24) is 9.78 Å². The van der Waals surface area contributed by atoms with E-state index in [4.69, 9.17) is 33.0 Å². The van der Waals surface area contributed by atoms with Crippen molar-refractivity contribution < 1.29 is 13.9 Å². The number of para-hydroxylation sites is 1. The summed E-state index contributed by atoms with van der Waals surface area (Å²) in [4.78, 5) is 12.4. The van der Waals surface area contributed by atoms with Crippen molar-refractivity contribution in [2.75, 3.05) is 5.32 Å². The van der Waals surface area contributed by atoms with Crippen molar-refractivity contribution in [3.8, 4) is 5.75 Å². The fourth-order valence-corrected chi connectivity index (χ4v) is 2.79. The molecule has 0 atom stereocenters. The van der Waals surface area contributed by atoms with E-state index in [1.807, 2.05) is 44.2 Å². The molecule has 0 fully saturated rings. The van der Waals surface area contributed by atoms with E-state index in [1.165, 1.54) is 4.68 Å². The highest BCUT2D eigenvalue weighted by Crippen LogP contribution is 2.20. The van der Waals surface area contributed by atoms with Crippen LogP contribution >= 0.6 is 23.8 Å². The lowest BCUT2D eigenvalue weighted by atomic mass is 10.2. The lowest BCUT2D eigenvalue weighted by molar-refractivity contribution is -0.117. The zero-order valence-electron chi connectivity index (χ0n) is 14.9. The van der Waals surface area contributed by atoms with E-state index in [-0.39, 0.29) is 23.9 Å². The summed E-state index contributed by atoms with van der Waals surface area (Å²) < 4.78 is 12.4. The lowest BCUT2D eigenvalue weighted by Crippen LogP contribution is -2.20. The number of ether oxygens (including phenoxy) is 1. The third-order valence-electron chi connectivity index (χ3n) is 3.86. The van der Waals surface area contributed by atoms with Crippen LogP contribution < -0.4 is 10.1 Å². The molecule has 1 aromatic heterocycles. The molecule has 0 unspecified atom stereocenters. The van der Waals surface area contributed by atoms with Gasteiger partial charge in [-0.05, 0) is 55.4 Å². The molecule has 140 valence electrons. The zero-order chi connectivity index (χ0) is 19.4. The molecular formula is C19H18ClN3O3S. The largest absolute Gasteiger partial charge is 0.484 e. The third kappa shape index (κ3) is 4.96. The van der Waals surface area contributed by atoms with E-state index >= 15 is 0 Å². The van der Waals surface area contributed by atoms with Crippen molar-refractivity contribution >= 4 is 35.4 Å². The van der Waals surface area contributed by atoms with Crippen LogP contribution in [0.25, 0.3) is 0 Å². The van der Waals surface area contributed by atoms with Crippen LogP contribution in [0.15, 0.2) is 46.9 Å². The SMILES string of the molecule is Cc1ccc(Cl)cc1NC(=O)Cn1nc(COc2ccccc2C)oc1=S. The molecular weight excluding hydrogens is 386 g/mol. The standard InChI is InChI=1S/C19H18ClN3O3S/c1-12-7-8-14(20)9-15(12)21-17(24)10-23-19(27)26-18(22-23)11-25-16-6-4-3-5-13(16)2/h3-9H,10-11H2,1-2H3,(H,21,24). The van der Waals surface area contributed by atoms with Gasteiger partial charge >= 0.3 is 0 Å². The molecule has 27 heavy (non-hydrogen) atoms. The quantitative estimate of drug-likeness (QED) is 0.604. The molecule has 1 amide bonds. The summed E-state index contributed by atoms with van der Waals surface area (Å²) in [5, 5.41) is 7.55. The molecule has 6 nitrogen and oxygen atoms in total. The van der Waals surface area contributed by atoms with Crippen LogP contribution in [0, 0.1) is 18.7 Å². The first-order valence-corrected chi connectivity index (χ1v) is 9.02. The Bertz CT molecular complexity index is 1030. The maximum absolute atomic E-state index is 12.3. The summed E-state index contributed by atoms with van der Waals surface area (Å²) in [7, 11) is 0. The summed E-state index contributed by atoms with van der Waals surface area (Å²) in [5.74, 6) is 0.758. The number of aromatic nitrogens is 2. The molecule has 0 aliphatic heterocycles. The van der Waals surface area contributed by atoms with Gasteiger partial charge in [-0.1, -0.05) is 35.9 Å². The number of anilines is 1. The number of hydrogen-bond acceptors (Lipinski definition) is 5. The average Bonchev–Trinajstić information content (AvgIpc) is 2.97. The summed E-state index contributed by atoms with van der Waals surface area (Å²) in [6.45, 7) is 3.88. The van der Waals surface area contributed by atoms with Gasteiger partial charge in [0.1, 0.15) is 12.3 Å². The Hall–Kier alpha value is -2.64. The molecule has 0 radical (unpaired) electrons. The summed E-state index contributed by atoms with van der Waals surface area (Å²) in [6, 6.07) is 12.9. The Morgan fingerprint density at radius 2 is 2.04 bits per heavy atom. The van der Waals surface area contributed by atoms with E-state index in [0.29, 0.717) is 16.6 Å². The number of hydrogen-bond donors (Lipinski definition) is 1. The van der Waals surface area contributed by atoms with Gasteiger partial charge in [0.2, 0.25) is 5.91 Å². The second-order valence-electron chi connectivity index (χ2n) is 5.98. The Morgan fingerprint density at radius 3 is 2.81 bits per heavy atom. The van der Waals surface area contributed by atoms with Crippen molar-refractivity contribution in [2.24, 2.45) is 0 Å². The van der Waals surface area contributed by atoms with Crippen LogP contribution in [0.3, 0.4) is 0 Å². The second-order valence-corrected chi connectivity index (χ2v) is 6.77. The smallest absolute Gasteiger partial charge is 0.287 e. The molecule has 2 aromatic carbocycles. The Labute approximate surface area is 166 Å². The number of halogens is 1. The topological polar surface area (TPSA) is 69.3 Å². The van der Waals surface area contributed by atoms with Crippen LogP contribution in [0.4, 0.5) is 5.69 Å². The molecule has 8 heteroatoms. The molecule has 0 saturated heterocycles. The number of carbonyl (C=O) groups excluding carboxylic acids is 1. The van der Waals surface area contributed by atoms with Crippen LogP contribution in [0.1, 0.15) is 17.0 Å². The van der Waals surface area contributed by atoms with Crippen LogP contribution in [0.2, 0.25) is 5.02 Å². The normalized spacial score (nSPS) is 10.6. The minimum Gasteiger partial charge on any atom is -0.484 e. The van der Waals surface area contributed by atoms with Gasteiger partial charge in [0.25, 0.3) is 10.7 Å². The predicted octanol–water partition coefficient (Wildman–Crippen LogP) is 4.69. The van der Waals surface area contributed by atoms with Crippen LogP contribution in [0.5, 0.6) is 5.75 Å². The minimum atomic E-state index is -0.281. The van der Waals surface area contributed by atoms with Gasteiger partial charge in [-0.25, -0.2) is 4.68 Å². The fraction of sp³-hybridized carbons (Fsp3) is 0.211. The fourth-order valence-electron chi connectivity index (χ4n) is 2.42. The molecule has 3 aromatic rings. The Morgan fingerprint density at radius 1 is 1.26 bits per heavy atom. The van der Waals surface area contributed by atoms with Crippen molar-refractivity contribution in [1.29, 1.82) is 0 Å². The van der Waals surface area contributed by atoms with Gasteiger partial charge in [0, 0.05) is 10.7 Å². The van der Waals surface area contributed by atoms with E-state index in [2.05, 4.69) is 10.4 Å². The number of aryl methyl sites for hydroxylation is 2. The summed E-state index contributed by atoms with van der Waals surface area (Å²) in [5.41, 5.74) is 2.56. The van der Waals surface area contributed by atoms with Gasteiger partial charge in [0.15, 0.2) is 6.61 Å². The monoisotopic (exact) mass is 403 g/mol. The first kappa shape index (κ1) is 19.1. The highest BCUT2D eigenvalue weighted by atomic mass is 35.5. The third-order valence-corrected chi connectivity index (χ3v) is 4.39. The summed E-state index contributed by atoms with van der Waals surface area (Å²) >= 11 is 11.1. The lowest BCUT2D eigenvalue weighted by Gasteiger charge is -2.08. The zero-order valence-corrected chi connectivity index (χ0v) is 16.4. The maximum atomic E-state index is 12.3. The highest BCUT2D eigenvalue weighted by molar-refractivity contribution is 7.71. The molecule has 0 saturated carbocycles. The van der Waals surface area contributed by atoms with Crippen molar-refractivity contribution in [3.05, 3.63) is 69.3 Å². The highest BCUT2D eigenvalue weighted by Gasteiger charge is 2.12. The summed E-state index contributed by atoms with van der Waals surface area (Å²) in [6.07, 6.45) is 0. The average molecular weight is 404 g/mol. The van der Waals surface area contributed by atoms with E-state index < -0.39 is 0 Å². The molecule has 0 aliphatic rings. The molecule has 0 spiro atoms. The van der Waals surface area contributed by atoms with Crippen LogP contribution in [-0.4, -0.2) is 15.7 Å². The molecule has 1 N–H and O–H groups in total. The van der Waals surface area contributed by atoms with Gasteiger partial charge in [0.05, 0.1) is 0 Å². The number of carbonyl (C=O) groups is 1. The van der Waals surface area contributed by atoms with Gasteiger partial charge < -0.3 is 14.5 Å². The number of nitrogens with one attached hydrogen (secondary N) is 1. The number of nitrogens with zero attached hydrogens (tertiary/aromatic N) is 2. The minimum absolute atomic E-state index is 0.0708. The molecule has 1 heterocycles. The van der Waals surface area contributed by atoms with Crippen LogP contribution in [-0.2, 0) is 17.9 Å². The maximum Gasteiger partial charge on any atom is 0.287 e. The number of amides is 1. The second kappa shape index (κ2) is 8.37. The van der Waals surface area contributed by atoms with Gasteiger partial charge in [-0.3, -0.25) is 4.79 Å². The number of rotatable bonds is 6. The molecule has 0 bridgehead atoms. The Kier molecular flexibility index (Phi) is 5.93. The first-order chi connectivity index (χ1) is 12.9. The Balaban J connectivity index is 1.64.